The van der Waals surface area contributed by atoms with Crippen LogP contribution in [0.15, 0.2) is 8.99 Å². The van der Waals surface area contributed by atoms with Crippen molar-refractivity contribution >= 4 is 35.9 Å². The number of hydrogen-bond donors (Lipinski definition) is 2. The minimum Gasteiger partial charge on any atom is -1.00 e. The first kappa shape index (κ1) is 15.9. The van der Waals surface area contributed by atoms with Gasteiger partial charge in [0.15, 0.2) is 4.91 Å². The molecule has 0 saturated heterocycles. The van der Waals surface area contributed by atoms with Crippen LogP contribution in [0.5, 0.6) is 0 Å². The van der Waals surface area contributed by atoms with Crippen LogP contribution < -0.4 is 29.6 Å². The van der Waals surface area contributed by atoms with Crippen molar-refractivity contribution in [2.75, 3.05) is 0 Å². The van der Waals surface area contributed by atoms with E-state index in [0.717, 1.165) is 0 Å². The number of carboxylic acids is 1. The summed E-state index contributed by atoms with van der Waals surface area (Å²) in [6, 6.07) is 0. The molecule has 0 atom stereocenters. The van der Waals surface area contributed by atoms with Crippen molar-refractivity contribution in [3.8, 4) is 0 Å². The zero-order valence-corrected chi connectivity index (χ0v) is 11.3. The predicted molar refractivity (Wildman–Crippen MR) is 43.8 cm³/mol. The largest absolute Gasteiger partial charge is 1.00 e. The maximum Gasteiger partial charge on any atom is 1.00 e. The first-order chi connectivity index (χ1) is 5.25. The molecule has 0 heterocycles. The summed E-state index contributed by atoms with van der Waals surface area (Å²) in [4.78, 5) is 8.49. The molecule has 10 heteroatoms. The van der Waals surface area contributed by atoms with E-state index < -0.39 is 40.8 Å². The average Bonchev–Trinajstić information content (AvgIpc) is 1.79. The third-order valence-corrected chi connectivity index (χ3v) is 3.08. The van der Waals surface area contributed by atoms with Crippen LogP contribution in [-0.4, -0.2) is 24.0 Å². The molecule has 0 saturated carbocycles. The molecular formula is C3H4INaO7S. The van der Waals surface area contributed by atoms with E-state index in [1.165, 1.54) is 0 Å². The van der Waals surface area contributed by atoms with Crippen LogP contribution in [0, 0.1) is 0 Å². The summed E-state index contributed by atoms with van der Waals surface area (Å²) in [5.41, 5.74) is 0. The first-order valence-corrected chi connectivity index (χ1v) is 6.66. The van der Waals surface area contributed by atoms with Gasteiger partial charge in [-0.1, -0.05) is 0 Å². The third kappa shape index (κ3) is 6.51. The Morgan fingerprint density at radius 3 is 1.85 bits per heavy atom. The molecular weight excluding hydrogens is 330 g/mol. The summed E-state index contributed by atoms with van der Waals surface area (Å²) in [7, 11) is -4.96. The molecule has 0 aromatic heterocycles. The molecule has 0 aromatic carbocycles. The molecule has 2 N–H and O–H groups in total. The Bertz CT molecular complexity index is 387. The summed E-state index contributed by atoms with van der Waals surface area (Å²) < 4.78 is 48.5. The Morgan fingerprint density at radius 1 is 1.38 bits per heavy atom. The van der Waals surface area contributed by atoms with Gasteiger partial charge in [-0.25, -0.2) is 10.9 Å². The van der Waals surface area contributed by atoms with Crippen molar-refractivity contribution < 1.29 is 60.0 Å². The maximum absolute atomic E-state index is 10.2. The quantitative estimate of drug-likeness (QED) is 0.246. The summed E-state index contributed by atoms with van der Waals surface area (Å²) in [6.07, 6.45) is 0. The number of halogens is 1. The fourth-order valence-corrected chi connectivity index (χ4v) is 2.81. The summed E-state index contributed by atoms with van der Waals surface area (Å²) in [5, 5.41) is 8.10. The fourth-order valence-electron chi connectivity index (χ4n) is 0.294. The van der Waals surface area contributed by atoms with Crippen molar-refractivity contribution in [2.45, 2.75) is 0 Å². The van der Waals surface area contributed by atoms with Gasteiger partial charge in [-0.2, -0.15) is 8.42 Å². The first-order valence-electron chi connectivity index (χ1n) is 2.21. The second-order valence-electron chi connectivity index (χ2n) is 1.49. The number of carbonyl (C=O) groups is 1. The van der Waals surface area contributed by atoms with Crippen molar-refractivity contribution in [1.29, 1.82) is 0 Å². The van der Waals surface area contributed by atoms with Gasteiger partial charge in [-0.3, -0.25) is 4.55 Å². The van der Waals surface area contributed by atoms with E-state index in [-0.39, 0.29) is 35.1 Å². The van der Waals surface area contributed by atoms with Crippen molar-refractivity contribution in [1.82, 2.24) is 0 Å². The molecule has 0 amide bonds. The molecule has 72 valence electrons. The van der Waals surface area contributed by atoms with Crippen LogP contribution in [0.4, 0.5) is 0 Å². The van der Waals surface area contributed by atoms with Gasteiger partial charge in [-0.05, 0) is 0 Å². The number of hydrogen-bond acceptors (Lipinski definition) is 5. The number of aliphatic carboxylic acids is 1. The van der Waals surface area contributed by atoms with Crippen LogP contribution in [0.2, 0.25) is 0 Å². The molecule has 0 aliphatic heterocycles. The molecule has 0 radical (unpaired) electrons. The van der Waals surface area contributed by atoms with Gasteiger partial charge in [0.2, 0.25) is 0 Å². The van der Waals surface area contributed by atoms with Crippen LogP contribution in [0.3, 0.4) is 0 Å². The Hall–Kier alpha value is 0.450. The van der Waals surface area contributed by atoms with Gasteiger partial charge < -0.3 is 6.53 Å². The molecule has 0 aliphatic rings. The van der Waals surface area contributed by atoms with Crippen LogP contribution in [0.25, 0.3) is 0 Å². The van der Waals surface area contributed by atoms with Gasteiger partial charge in [0.25, 0.3) is 0 Å². The van der Waals surface area contributed by atoms with Crippen LogP contribution >= 0.6 is 19.8 Å². The second kappa shape index (κ2) is 6.03. The molecule has 0 bridgehead atoms. The standard InChI is InChI=1S/C3H3IO7S.Na.H/c5-3(6)2(1-4(7)8)12(9,10)11;;/h1H,(H,5,6)(H,9,10,11);;/q;+1;-1/b2-1+;;. The minimum atomic E-state index is -4.96. The molecule has 13 heavy (non-hydrogen) atoms. The fraction of sp³-hybridized carbons (Fsp3) is 0. The summed E-state index contributed by atoms with van der Waals surface area (Å²) >= 11 is -4.12. The summed E-state index contributed by atoms with van der Waals surface area (Å²) in [5.74, 6) is -2.01. The minimum absolute atomic E-state index is 0. The van der Waals surface area contributed by atoms with Gasteiger partial charge in [-0.15, -0.1) is 0 Å². The predicted octanol–water partition coefficient (Wildman–Crippen LogP) is -2.89. The maximum atomic E-state index is 10.2. The van der Waals surface area contributed by atoms with E-state index in [9.17, 15) is 19.4 Å². The van der Waals surface area contributed by atoms with E-state index in [0.29, 0.717) is 0 Å². The molecule has 0 unspecified atom stereocenters. The van der Waals surface area contributed by atoms with E-state index >= 15 is 0 Å². The van der Waals surface area contributed by atoms with E-state index in [1.54, 1.807) is 0 Å². The zero-order chi connectivity index (χ0) is 9.94. The molecule has 0 spiro atoms. The van der Waals surface area contributed by atoms with Gasteiger partial charge in [0.1, 0.15) is 0 Å². The molecule has 0 fully saturated rings. The number of rotatable bonds is 3. The van der Waals surface area contributed by atoms with Gasteiger partial charge >= 0.3 is 65.4 Å². The van der Waals surface area contributed by atoms with E-state index in [2.05, 4.69) is 0 Å². The van der Waals surface area contributed by atoms with Gasteiger partial charge in [0.05, 0.1) is 4.08 Å². The Kier molecular flexibility index (Phi) is 7.38. The van der Waals surface area contributed by atoms with Crippen LogP contribution in [0.1, 0.15) is 1.43 Å². The van der Waals surface area contributed by atoms with Gasteiger partial charge in [0, 0.05) is 0 Å². The Morgan fingerprint density at radius 2 is 1.77 bits per heavy atom. The van der Waals surface area contributed by atoms with Crippen molar-refractivity contribution in [3.05, 3.63) is 8.99 Å². The molecule has 7 nitrogen and oxygen atoms in total. The Balaban J connectivity index is -0.000000605. The molecule has 0 rings (SSSR count). The van der Waals surface area contributed by atoms with E-state index in [4.69, 9.17) is 9.66 Å². The van der Waals surface area contributed by atoms with Crippen molar-refractivity contribution in [3.63, 3.8) is 0 Å². The molecule has 0 aromatic rings. The van der Waals surface area contributed by atoms with Crippen molar-refractivity contribution in [2.24, 2.45) is 0 Å². The number of carboxylic acid groups (broad SMARTS) is 1. The van der Waals surface area contributed by atoms with E-state index in [1.807, 2.05) is 0 Å². The Labute approximate surface area is 104 Å². The SMILES string of the molecule is O=C(O)/C(=C\I(=O)=O)S(=O)(=O)O.[H-].[Na+]. The monoisotopic (exact) mass is 334 g/mol. The topological polar surface area (TPSA) is 126 Å². The summed E-state index contributed by atoms with van der Waals surface area (Å²) in [6.45, 7) is 0. The second-order valence-corrected chi connectivity index (χ2v) is 4.88. The third-order valence-electron chi connectivity index (χ3n) is 0.677. The normalized spacial score (nSPS) is 12.3. The smallest absolute Gasteiger partial charge is 1.00 e. The zero-order valence-electron chi connectivity index (χ0n) is 7.30. The van der Waals surface area contributed by atoms with Crippen LogP contribution in [-0.2, 0) is 21.1 Å². The average molecular weight is 334 g/mol. The molecule has 0 aliphatic carbocycles.